The number of aliphatic hydroxyl groups is 1. The van der Waals surface area contributed by atoms with Gasteiger partial charge in [0.05, 0.1) is 25.6 Å². The van der Waals surface area contributed by atoms with Crippen molar-refractivity contribution in [3.8, 4) is 5.75 Å². The average molecular weight is 569 g/mol. The van der Waals surface area contributed by atoms with Gasteiger partial charge in [0.1, 0.15) is 30.5 Å². The number of fused-ring (bicyclic) bond motifs is 1. The second-order valence-electron chi connectivity index (χ2n) is 10.1. The quantitative estimate of drug-likeness (QED) is 0.371. The van der Waals surface area contributed by atoms with Crippen LogP contribution in [0.3, 0.4) is 0 Å². The van der Waals surface area contributed by atoms with E-state index in [1.807, 2.05) is 6.92 Å². The number of hydrogen-bond donors (Lipinski definition) is 3. The fourth-order valence-electron chi connectivity index (χ4n) is 4.43. The van der Waals surface area contributed by atoms with Crippen LogP contribution in [0.1, 0.15) is 19.4 Å². The molecule has 0 bridgehead atoms. The molecule has 4 amide bonds. The number of carbonyl (C=O) groups excluding carboxylic acids is 3. The predicted octanol–water partition coefficient (Wildman–Crippen LogP) is 1.76. The van der Waals surface area contributed by atoms with Gasteiger partial charge in [-0.15, -0.1) is 5.10 Å². The number of ether oxygens (including phenoxy) is 1. The number of aliphatic hydroxyl groups excluding tert-OH is 1. The molecule has 1 aromatic heterocycles. The zero-order chi connectivity index (χ0) is 29.5. The molecule has 2 aromatic carbocycles. The Morgan fingerprint density at radius 2 is 1.93 bits per heavy atom. The lowest BCUT2D eigenvalue weighted by atomic mass is 10.0. The van der Waals surface area contributed by atoms with E-state index in [4.69, 9.17) is 4.74 Å². The first-order chi connectivity index (χ1) is 19.6. The highest BCUT2D eigenvalue weighted by Gasteiger charge is 2.32. The summed E-state index contributed by atoms with van der Waals surface area (Å²) < 4.78 is 20.9. The van der Waals surface area contributed by atoms with Gasteiger partial charge in [0.2, 0.25) is 11.8 Å². The molecule has 14 heteroatoms. The number of nitrogens with one attached hydrogen (secondary N) is 2. The highest BCUT2D eigenvalue weighted by molar-refractivity contribution is 5.91. The van der Waals surface area contributed by atoms with Gasteiger partial charge in [-0.3, -0.25) is 9.59 Å². The average Bonchev–Trinajstić information content (AvgIpc) is 3.46. The normalized spacial score (nSPS) is 17.8. The van der Waals surface area contributed by atoms with Crippen molar-refractivity contribution in [1.29, 1.82) is 0 Å². The van der Waals surface area contributed by atoms with Crippen LogP contribution in [0.4, 0.5) is 20.6 Å². The van der Waals surface area contributed by atoms with Crippen molar-refractivity contribution >= 4 is 29.2 Å². The Kier molecular flexibility index (Phi) is 9.45. The van der Waals surface area contributed by atoms with Gasteiger partial charge < -0.3 is 30.3 Å². The van der Waals surface area contributed by atoms with Gasteiger partial charge in [-0.25, -0.2) is 13.9 Å². The van der Waals surface area contributed by atoms with Crippen molar-refractivity contribution in [3.05, 3.63) is 60.2 Å². The van der Waals surface area contributed by atoms with Crippen LogP contribution in [-0.2, 0) is 22.6 Å². The molecule has 1 aliphatic heterocycles. The Bertz CT molecular complexity index is 1350. The summed E-state index contributed by atoms with van der Waals surface area (Å²) >= 11 is 0. The monoisotopic (exact) mass is 568 g/mol. The number of carbonyl (C=O) groups is 3. The van der Waals surface area contributed by atoms with Gasteiger partial charge in [0, 0.05) is 36.4 Å². The maximum absolute atomic E-state index is 13.4. The van der Waals surface area contributed by atoms with Crippen LogP contribution < -0.4 is 15.4 Å². The second-order valence-corrected chi connectivity index (χ2v) is 10.1. The van der Waals surface area contributed by atoms with Gasteiger partial charge in [-0.05, 0) is 59.8 Å². The highest BCUT2D eigenvalue weighted by atomic mass is 19.1. The van der Waals surface area contributed by atoms with E-state index in [9.17, 15) is 23.9 Å². The lowest BCUT2D eigenvalue weighted by molar-refractivity contribution is -0.134. The molecule has 1 aliphatic rings. The molecule has 0 unspecified atom stereocenters. The van der Waals surface area contributed by atoms with Crippen molar-refractivity contribution in [2.24, 2.45) is 5.92 Å². The molecule has 2 heterocycles. The third-order valence-corrected chi connectivity index (χ3v) is 6.79. The Hall–Kier alpha value is -4.59. The van der Waals surface area contributed by atoms with E-state index in [1.165, 1.54) is 40.2 Å². The minimum absolute atomic E-state index is 0.0172. The lowest BCUT2D eigenvalue weighted by Crippen LogP contribution is -2.48. The van der Waals surface area contributed by atoms with E-state index >= 15 is 0 Å². The molecule has 13 nitrogen and oxygen atoms in total. The number of tetrazole rings is 1. The molecule has 218 valence electrons. The van der Waals surface area contributed by atoms with Crippen LogP contribution in [0, 0.1) is 11.7 Å². The fourth-order valence-corrected chi connectivity index (χ4v) is 4.43. The van der Waals surface area contributed by atoms with Gasteiger partial charge in [0.25, 0.3) is 0 Å². The largest absolute Gasteiger partial charge is 0.488 e. The summed E-state index contributed by atoms with van der Waals surface area (Å²) in [4.78, 5) is 41.8. The molecule has 41 heavy (non-hydrogen) atoms. The summed E-state index contributed by atoms with van der Waals surface area (Å²) in [5.41, 5.74) is 1.45. The first-order valence-electron chi connectivity index (χ1n) is 13.1. The number of amides is 4. The number of rotatable bonds is 8. The van der Waals surface area contributed by atoms with Crippen molar-refractivity contribution in [3.63, 3.8) is 0 Å². The summed E-state index contributed by atoms with van der Waals surface area (Å²) in [6.07, 6.45) is 0.777. The molecule has 0 aliphatic carbocycles. The Labute approximate surface area is 236 Å². The van der Waals surface area contributed by atoms with Gasteiger partial charge >= 0.3 is 6.03 Å². The molecule has 0 fully saturated rings. The number of halogens is 1. The van der Waals surface area contributed by atoms with Crippen LogP contribution in [0.5, 0.6) is 5.75 Å². The lowest BCUT2D eigenvalue weighted by Gasteiger charge is -2.34. The molecular formula is C27H33FN8O5. The first kappa shape index (κ1) is 29.4. The fraction of sp³-hybridized carbons (Fsp3) is 0.407. The molecule has 0 saturated heterocycles. The van der Waals surface area contributed by atoms with E-state index in [1.54, 1.807) is 37.1 Å². The Morgan fingerprint density at radius 3 is 2.61 bits per heavy atom. The number of anilines is 2. The smallest absolute Gasteiger partial charge is 0.321 e. The van der Waals surface area contributed by atoms with Crippen LogP contribution in [0.25, 0.3) is 0 Å². The van der Waals surface area contributed by atoms with Crippen molar-refractivity contribution in [2.75, 3.05) is 37.4 Å². The van der Waals surface area contributed by atoms with Crippen LogP contribution in [-0.4, -0.2) is 91.8 Å². The number of urea groups is 1. The molecule has 3 aromatic rings. The van der Waals surface area contributed by atoms with Gasteiger partial charge in [0.15, 0.2) is 0 Å². The molecule has 0 spiro atoms. The summed E-state index contributed by atoms with van der Waals surface area (Å²) in [6.45, 7) is 3.84. The SMILES string of the molecule is C[C@H](CO)N1C[C@H](C)[C@@H](CN(C)C(=O)Nc2ccc(F)cc2)Oc2ccc(NC(=O)Cn3cnnn3)cc2CC1=O. The number of nitrogens with zero attached hydrogens (tertiary/aromatic N) is 6. The van der Waals surface area contributed by atoms with E-state index in [0.29, 0.717) is 29.2 Å². The standard InChI is InChI=1S/C27H33FN8O5/c1-17-12-36(18(2)15-37)26(39)11-19-10-22(30-25(38)14-35-16-29-32-33-35)8-9-23(19)41-24(17)13-34(3)27(40)31-21-6-4-20(28)5-7-21/h4-10,16-18,24,37H,11-15H2,1-3H3,(H,30,38)(H,31,40)/t17-,18+,24+/m0/s1. The van der Waals surface area contributed by atoms with E-state index < -0.39 is 24.0 Å². The zero-order valence-electron chi connectivity index (χ0n) is 23.0. The number of aromatic nitrogens is 4. The predicted molar refractivity (Wildman–Crippen MR) is 146 cm³/mol. The maximum Gasteiger partial charge on any atom is 0.321 e. The van der Waals surface area contributed by atoms with Crippen LogP contribution in [0.15, 0.2) is 48.8 Å². The van der Waals surface area contributed by atoms with E-state index in [0.717, 1.165) is 0 Å². The van der Waals surface area contributed by atoms with E-state index in [-0.39, 0.29) is 43.8 Å². The molecule has 3 N–H and O–H groups in total. The highest BCUT2D eigenvalue weighted by Crippen LogP contribution is 2.29. The molecule has 0 saturated carbocycles. The Balaban J connectivity index is 1.55. The number of hydrogen-bond acceptors (Lipinski definition) is 8. The minimum Gasteiger partial charge on any atom is -0.488 e. The molecule has 0 radical (unpaired) electrons. The van der Waals surface area contributed by atoms with Gasteiger partial charge in [-0.1, -0.05) is 6.92 Å². The van der Waals surface area contributed by atoms with Crippen molar-refractivity contribution < 1.29 is 28.6 Å². The molecule has 3 atom stereocenters. The maximum atomic E-state index is 13.4. The van der Waals surface area contributed by atoms with Crippen LogP contribution >= 0.6 is 0 Å². The van der Waals surface area contributed by atoms with Crippen LogP contribution in [0.2, 0.25) is 0 Å². The second kappa shape index (κ2) is 13.2. The summed E-state index contributed by atoms with van der Waals surface area (Å²) in [7, 11) is 1.62. The first-order valence-corrected chi connectivity index (χ1v) is 13.1. The Morgan fingerprint density at radius 1 is 1.20 bits per heavy atom. The third-order valence-electron chi connectivity index (χ3n) is 6.79. The molecule has 4 rings (SSSR count). The minimum atomic E-state index is -0.530. The van der Waals surface area contributed by atoms with Gasteiger partial charge in [-0.2, -0.15) is 0 Å². The third kappa shape index (κ3) is 7.75. The molecular weight excluding hydrogens is 535 g/mol. The number of likely N-dealkylation sites (N-methyl/N-ethyl adjacent to an activating group) is 1. The summed E-state index contributed by atoms with van der Waals surface area (Å²) in [5, 5.41) is 26.0. The van der Waals surface area contributed by atoms with Crippen molar-refractivity contribution in [2.45, 2.75) is 39.0 Å². The van der Waals surface area contributed by atoms with E-state index in [2.05, 4.69) is 26.2 Å². The summed E-state index contributed by atoms with van der Waals surface area (Å²) in [5.74, 6) is -0.753. The topological polar surface area (TPSA) is 155 Å². The number of benzene rings is 2. The summed E-state index contributed by atoms with van der Waals surface area (Å²) in [6, 6.07) is 9.61. The zero-order valence-corrected chi connectivity index (χ0v) is 23.0. The van der Waals surface area contributed by atoms with Crippen molar-refractivity contribution in [1.82, 2.24) is 30.0 Å².